The normalized spacial score (nSPS) is 12.2. The number of halogens is 2. The first-order chi connectivity index (χ1) is 11.1. The van der Waals surface area contributed by atoms with Crippen LogP contribution in [-0.4, -0.2) is 30.0 Å². The molecular weight excluding hydrogens is 410 g/mol. The monoisotopic (exact) mass is 435 g/mol. The highest BCUT2D eigenvalue weighted by Gasteiger charge is 2.27. The maximum Gasteiger partial charge on any atom is 0.306 e. The highest BCUT2D eigenvalue weighted by molar-refractivity contribution is 9.10. The number of phenols is 1. The van der Waals surface area contributed by atoms with Crippen molar-refractivity contribution in [2.45, 2.75) is 51.9 Å². The van der Waals surface area contributed by atoms with Crippen molar-refractivity contribution in [3.63, 3.8) is 0 Å². The molecule has 0 unspecified atom stereocenters. The molecule has 0 spiro atoms. The van der Waals surface area contributed by atoms with E-state index in [1.807, 2.05) is 26.8 Å². The van der Waals surface area contributed by atoms with Crippen molar-refractivity contribution in [3.05, 3.63) is 27.7 Å². The third kappa shape index (κ3) is 6.96. The summed E-state index contributed by atoms with van der Waals surface area (Å²) in [6, 6.07) is 3.60. The summed E-state index contributed by atoms with van der Waals surface area (Å²) in [5.74, 6) is -0.923. The predicted molar refractivity (Wildman–Crippen MR) is 104 cm³/mol. The molecule has 0 heterocycles. The SMILES string of the molecule is CCOC(=O)C[C@H](CC(=O)CN)c1cc(Br)cc(C(C)(C)C)c1O.Cl. The van der Waals surface area contributed by atoms with Crippen LogP contribution in [0.5, 0.6) is 5.75 Å². The van der Waals surface area contributed by atoms with Crippen molar-refractivity contribution in [2.75, 3.05) is 13.2 Å². The maximum absolute atomic E-state index is 11.9. The van der Waals surface area contributed by atoms with E-state index >= 15 is 0 Å². The van der Waals surface area contributed by atoms with Gasteiger partial charge in [-0.2, -0.15) is 0 Å². The van der Waals surface area contributed by atoms with Gasteiger partial charge in [0.2, 0.25) is 0 Å². The van der Waals surface area contributed by atoms with E-state index in [4.69, 9.17) is 10.5 Å². The molecule has 5 nitrogen and oxygen atoms in total. The molecule has 0 radical (unpaired) electrons. The first kappa shape index (κ1) is 23.9. The van der Waals surface area contributed by atoms with Gasteiger partial charge in [0.1, 0.15) is 11.5 Å². The number of phenolic OH excluding ortho intramolecular Hbond substituents is 1. The Morgan fingerprint density at radius 2 is 1.88 bits per heavy atom. The lowest BCUT2D eigenvalue weighted by Crippen LogP contribution is -2.20. The van der Waals surface area contributed by atoms with Crippen LogP contribution in [0.25, 0.3) is 0 Å². The summed E-state index contributed by atoms with van der Waals surface area (Å²) in [5, 5.41) is 10.7. The summed E-state index contributed by atoms with van der Waals surface area (Å²) in [5.41, 5.74) is 6.45. The van der Waals surface area contributed by atoms with Crippen LogP contribution in [-0.2, 0) is 19.7 Å². The summed E-state index contributed by atoms with van der Waals surface area (Å²) >= 11 is 3.45. The van der Waals surface area contributed by atoms with E-state index in [1.54, 1.807) is 13.0 Å². The van der Waals surface area contributed by atoms with E-state index in [1.165, 1.54) is 0 Å². The van der Waals surface area contributed by atoms with Crippen molar-refractivity contribution in [1.82, 2.24) is 0 Å². The molecule has 142 valence electrons. The number of carbonyl (C=O) groups excluding carboxylic acids is 2. The zero-order valence-corrected chi connectivity index (χ0v) is 17.5. The minimum Gasteiger partial charge on any atom is -0.507 e. The number of hydrogen-bond acceptors (Lipinski definition) is 5. The Kier molecular flexibility index (Phi) is 9.69. The summed E-state index contributed by atoms with van der Waals surface area (Å²) < 4.78 is 5.79. The highest BCUT2D eigenvalue weighted by Crippen LogP contribution is 2.41. The molecule has 0 aliphatic carbocycles. The zero-order valence-electron chi connectivity index (χ0n) is 15.1. The number of hydrogen-bond donors (Lipinski definition) is 2. The minimum atomic E-state index is -0.473. The molecule has 0 aliphatic rings. The van der Waals surface area contributed by atoms with Crippen LogP contribution in [0.2, 0.25) is 0 Å². The number of aromatic hydroxyl groups is 1. The summed E-state index contributed by atoms with van der Waals surface area (Å²) in [4.78, 5) is 23.8. The Morgan fingerprint density at radius 1 is 1.28 bits per heavy atom. The largest absolute Gasteiger partial charge is 0.507 e. The number of rotatable bonds is 7. The van der Waals surface area contributed by atoms with Gasteiger partial charge in [-0.25, -0.2) is 0 Å². The first-order valence-corrected chi connectivity index (χ1v) is 8.79. The second kappa shape index (κ2) is 10.1. The zero-order chi connectivity index (χ0) is 18.5. The summed E-state index contributed by atoms with van der Waals surface area (Å²) in [6.07, 6.45) is 0.107. The fourth-order valence-electron chi connectivity index (χ4n) is 2.57. The average molecular weight is 437 g/mol. The van der Waals surface area contributed by atoms with Crippen molar-refractivity contribution < 1.29 is 19.4 Å². The van der Waals surface area contributed by atoms with Crippen molar-refractivity contribution in [1.29, 1.82) is 0 Å². The fourth-order valence-corrected chi connectivity index (χ4v) is 3.05. The molecule has 0 aromatic heterocycles. The molecule has 1 aromatic carbocycles. The lowest BCUT2D eigenvalue weighted by molar-refractivity contribution is -0.143. The van der Waals surface area contributed by atoms with Gasteiger partial charge in [0.05, 0.1) is 19.6 Å². The van der Waals surface area contributed by atoms with Crippen molar-refractivity contribution in [3.8, 4) is 5.75 Å². The van der Waals surface area contributed by atoms with Gasteiger partial charge < -0.3 is 15.6 Å². The number of ether oxygens (including phenoxy) is 1. The summed E-state index contributed by atoms with van der Waals surface area (Å²) in [6.45, 7) is 7.87. The number of ketones is 1. The summed E-state index contributed by atoms with van der Waals surface area (Å²) in [7, 11) is 0. The van der Waals surface area contributed by atoms with Crippen LogP contribution in [0.1, 0.15) is 57.6 Å². The van der Waals surface area contributed by atoms with E-state index < -0.39 is 11.9 Å². The molecule has 0 saturated heterocycles. The fraction of sp³-hybridized carbons (Fsp3) is 0.556. The second-order valence-corrected chi connectivity index (χ2v) is 7.71. The Balaban J connectivity index is 0.00000576. The third-order valence-electron chi connectivity index (χ3n) is 3.77. The molecule has 0 fully saturated rings. The lowest BCUT2D eigenvalue weighted by Gasteiger charge is -2.25. The Labute approximate surface area is 163 Å². The third-order valence-corrected chi connectivity index (χ3v) is 4.23. The van der Waals surface area contributed by atoms with Gasteiger partial charge in [-0.3, -0.25) is 9.59 Å². The molecule has 0 bridgehead atoms. The van der Waals surface area contributed by atoms with E-state index in [2.05, 4.69) is 15.9 Å². The quantitative estimate of drug-likeness (QED) is 0.634. The molecule has 0 amide bonds. The molecule has 1 rings (SSSR count). The number of carbonyl (C=O) groups is 2. The van der Waals surface area contributed by atoms with Gasteiger partial charge in [0.15, 0.2) is 0 Å². The van der Waals surface area contributed by atoms with Crippen LogP contribution in [0.15, 0.2) is 16.6 Å². The smallest absolute Gasteiger partial charge is 0.306 e. The van der Waals surface area contributed by atoms with Crippen LogP contribution in [0, 0.1) is 0 Å². The van der Waals surface area contributed by atoms with E-state index in [-0.39, 0.29) is 55.3 Å². The topological polar surface area (TPSA) is 89.6 Å². The van der Waals surface area contributed by atoms with Gasteiger partial charge in [0.25, 0.3) is 0 Å². The number of esters is 1. The molecule has 7 heteroatoms. The van der Waals surface area contributed by atoms with Crippen molar-refractivity contribution in [2.24, 2.45) is 5.73 Å². The average Bonchev–Trinajstić information content (AvgIpc) is 2.47. The van der Waals surface area contributed by atoms with Gasteiger partial charge in [-0.15, -0.1) is 12.4 Å². The van der Waals surface area contributed by atoms with Crippen LogP contribution in [0.4, 0.5) is 0 Å². The van der Waals surface area contributed by atoms with Gasteiger partial charge >= 0.3 is 5.97 Å². The molecule has 25 heavy (non-hydrogen) atoms. The molecule has 3 N–H and O–H groups in total. The number of nitrogens with two attached hydrogens (primary N) is 1. The van der Waals surface area contributed by atoms with Crippen molar-refractivity contribution >= 4 is 40.1 Å². The van der Waals surface area contributed by atoms with Crippen LogP contribution < -0.4 is 5.73 Å². The van der Waals surface area contributed by atoms with E-state index in [0.29, 0.717) is 5.56 Å². The van der Waals surface area contributed by atoms with Gasteiger partial charge in [-0.05, 0) is 30.0 Å². The van der Waals surface area contributed by atoms with Gasteiger partial charge in [0, 0.05) is 22.4 Å². The number of benzene rings is 1. The molecular formula is C18H27BrClNO4. The highest BCUT2D eigenvalue weighted by atomic mass is 79.9. The first-order valence-electron chi connectivity index (χ1n) is 8.00. The van der Waals surface area contributed by atoms with E-state index in [0.717, 1.165) is 10.0 Å². The Morgan fingerprint density at radius 3 is 2.36 bits per heavy atom. The lowest BCUT2D eigenvalue weighted by atomic mass is 9.81. The Hall–Kier alpha value is -1.11. The minimum absolute atomic E-state index is 0. The molecule has 1 aromatic rings. The molecule has 0 saturated carbocycles. The predicted octanol–water partition coefficient (Wildman–Crippen LogP) is 3.83. The second-order valence-electron chi connectivity index (χ2n) is 6.79. The maximum atomic E-state index is 11.9. The standard InChI is InChI=1S/C18H26BrNO4.ClH/c1-5-24-16(22)7-11(6-13(21)10-20)14-8-12(19)9-15(17(14)23)18(2,3)4;/h8-9,11,23H,5-7,10,20H2,1-4H3;1H/t11-;/m0./s1. The van der Waals surface area contributed by atoms with Crippen LogP contribution in [0.3, 0.4) is 0 Å². The van der Waals surface area contributed by atoms with Gasteiger partial charge in [-0.1, -0.05) is 36.7 Å². The molecule has 0 aliphatic heterocycles. The Bertz CT molecular complexity index is 614. The number of Topliss-reactive ketones (excluding diaryl/α,β-unsaturated/α-hetero) is 1. The van der Waals surface area contributed by atoms with Crippen LogP contribution >= 0.6 is 28.3 Å². The van der Waals surface area contributed by atoms with E-state index in [9.17, 15) is 14.7 Å². The molecule has 1 atom stereocenters.